The number of rotatable bonds is 2. The van der Waals surface area contributed by atoms with E-state index in [1.165, 1.54) is 5.56 Å². The average molecular weight is 189 g/mol. The number of hydrogen-bond acceptors (Lipinski definition) is 2. The molecule has 0 radical (unpaired) electrons. The summed E-state index contributed by atoms with van der Waals surface area (Å²) in [6, 6.07) is 8.28. The second-order valence-electron chi connectivity index (χ2n) is 3.66. The van der Waals surface area contributed by atoms with Crippen molar-refractivity contribution < 1.29 is 4.42 Å². The third-order valence-electron chi connectivity index (χ3n) is 2.46. The van der Waals surface area contributed by atoms with Gasteiger partial charge in [-0.25, -0.2) is 0 Å². The van der Waals surface area contributed by atoms with Gasteiger partial charge in [-0.1, -0.05) is 19.1 Å². The molecule has 2 aromatic rings. The lowest BCUT2D eigenvalue weighted by atomic mass is 10.1. The highest BCUT2D eigenvalue weighted by Crippen LogP contribution is 2.23. The van der Waals surface area contributed by atoms with E-state index in [9.17, 15) is 0 Å². The molecule has 14 heavy (non-hydrogen) atoms. The van der Waals surface area contributed by atoms with Crippen LogP contribution in [0, 0.1) is 0 Å². The summed E-state index contributed by atoms with van der Waals surface area (Å²) in [5.41, 5.74) is 7.99. The Bertz CT molecular complexity index is 443. The minimum absolute atomic E-state index is 0.0347. The van der Waals surface area contributed by atoms with Crippen LogP contribution in [-0.4, -0.2) is 0 Å². The van der Waals surface area contributed by atoms with Gasteiger partial charge in [0.05, 0.1) is 6.04 Å². The summed E-state index contributed by atoms with van der Waals surface area (Å²) in [6.45, 7) is 4.06. The molecule has 0 bridgehead atoms. The van der Waals surface area contributed by atoms with Crippen molar-refractivity contribution in [3.05, 3.63) is 35.6 Å². The highest BCUT2D eigenvalue weighted by atomic mass is 16.3. The van der Waals surface area contributed by atoms with Gasteiger partial charge < -0.3 is 10.2 Å². The largest absolute Gasteiger partial charge is 0.459 e. The zero-order valence-electron chi connectivity index (χ0n) is 8.58. The van der Waals surface area contributed by atoms with E-state index in [0.29, 0.717) is 0 Å². The maximum atomic E-state index is 5.75. The topological polar surface area (TPSA) is 39.2 Å². The number of nitrogens with two attached hydrogens (primary N) is 1. The van der Waals surface area contributed by atoms with E-state index < -0.39 is 0 Å². The second-order valence-corrected chi connectivity index (χ2v) is 3.66. The van der Waals surface area contributed by atoms with E-state index >= 15 is 0 Å². The fourth-order valence-corrected chi connectivity index (χ4v) is 1.54. The zero-order chi connectivity index (χ0) is 10.1. The third-order valence-corrected chi connectivity index (χ3v) is 2.46. The number of benzene rings is 1. The molecule has 2 nitrogen and oxygen atoms in total. The van der Waals surface area contributed by atoms with Gasteiger partial charge in [0, 0.05) is 5.39 Å². The van der Waals surface area contributed by atoms with Gasteiger partial charge in [0.2, 0.25) is 0 Å². The summed E-state index contributed by atoms with van der Waals surface area (Å²) in [5, 5.41) is 1.13. The fraction of sp³-hybridized carbons (Fsp3) is 0.333. The van der Waals surface area contributed by atoms with Gasteiger partial charge in [-0.15, -0.1) is 0 Å². The van der Waals surface area contributed by atoms with Gasteiger partial charge in [0.15, 0.2) is 0 Å². The number of fused-ring (bicyclic) bond motifs is 1. The van der Waals surface area contributed by atoms with Crippen molar-refractivity contribution in [3.8, 4) is 0 Å². The van der Waals surface area contributed by atoms with E-state index in [0.717, 1.165) is 23.2 Å². The quantitative estimate of drug-likeness (QED) is 0.788. The van der Waals surface area contributed by atoms with E-state index in [4.69, 9.17) is 10.2 Å². The zero-order valence-corrected chi connectivity index (χ0v) is 8.58. The Labute approximate surface area is 83.7 Å². The SMILES string of the molecule is CCc1ccc2cc(C(C)N)oc2c1. The van der Waals surface area contributed by atoms with E-state index in [2.05, 4.69) is 25.1 Å². The van der Waals surface area contributed by atoms with Crippen molar-refractivity contribution in [2.45, 2.75) is 26.3 Å². The Morgan fingerprint density at radius 2 is 2.14 bits per heavy atom. The van der Waals surface area contributed by atoms with E-state index in [1.807, 2.05) is 13.0 Å². The predicted octanol–water partition coefficient (Wildman–Crippen LogP) is 3.01. The minimum Gasteiger partial charge on any atom is -0.459 e. The lowest BCUT2D eigenvalue weighted by Crippen LogP contribution is -2.02. The van der Waals surface area contributed by atoms with Crippen molar-refractivity contribution in [3.63, 3.8) is 0 Å². The van der Waals surface area contributed by atoms with Gasteiger partial charge in [-0.3, -0.25) is 0 Å². The molecule has 0 spiro atoms. The lowest BCUT2D eigenvalue weighted by molar-refractivity contribution is 0.513. The molecule has 0 aliphatic heterocycles. The highest BCUT2D eigenvalue weighted by molar-refractivity contribution is 5.78. The first-order chi connectivity index (χ1) is 6.70. The van der Waals surface area contributed by atoms with Gasteiger partial charge in [-0.2, -0.15) is 0 Å². The normalized spacial score (nSPS) is 13.4. The summed E-state index contributed by atoms with van der Waals surface area (Å²) < 4.78 is 5.65. The van der Waals surface area contributed by atoms with Crippen molar-refractivity contribution in [1.29, 1.82) is 0 Å². The molecule has 1 atom stereocenters. The number of furan rings is 1. The second kappa shape index (κ2) is 3.46. The maximum absolute atomic E-state index is 5.75. The van der Waals surface area contributed by atoms with Crippen molar-refractivity contribution in [2.24, 2.45) is 5.73 Å². The average Bonchev–Trinajstić information content (AvgIpc) is 2.59. The summed E-state index contributed by atoms with van der Waals surface area (Å²) in [5.74, 6) is 0.855. The molecule has 2 heteroatoms. The molecule has 1 aromatic carbocycles. The first kappa shape index (κ1) is 9.28. The molecule has 74 valence electrons. The maximum Gasteiger partial charge on any atom is 0.134 e. The minimum atomic E-state index is -0.0347. The van der Waals surface area contributed by atoms with Crippen LogP contribution >= 0.6 is 0 Å². The molecule has 2 rings (SSSR count). The first-order valence-electron chi connectivity index (χ1n) is 4.98. The number of hydrogen-bond donors (Lipinski definition) is 1. The molecule has 2 N–H and O–H groups in total. The molecule has 0 fully saturated rings. The van der Waals surface area contributed by atoms with Crippen LogP contribution in [0.15, 0.2) is 28.7 Å². The molecule has 1 aromatic heterocycles. The predicted molar refractivity (Wildman–Crippen MR) is 58.2 cm³/mol. The summed E-state index contributed by atoms with van der Waals surface area (Å²) >= 11 is 0. The molecular weight excluding hydrogens is 174 g/mol. The fourth-order valence-electron chi connectivity index (χ4n) is 1.54. The Balaban J connectivity index is 2.54. The monoisotopic (exact) mass is 189 g/mol. The van der Waals surface area contributed by atoms with Crippen LogP contribution in [0.3, 0.4) is 0 Å². The Morgan fingerprint density at radius 3 is 2.79 bits per heavy atom. The van der Waals surface area contributed by atoms with Crippen LogP contribution in [0.5, 0.6) is 0 Å². The molecule has 1 unspecified atom stereocenters. The summed E-state index contributed by atoms with van der Waals surface area (Å²) in [6.07, 6.45) is 1.03. The van der Waals surface area contributed by atoms with Crippen LogP contribution in [0.25, 0.3) is 11.0 Å². The van der Waals surface area contributed by atoms with Gasteiger partial charge in [0.1, 0.15) is 11.3 Å². The summed E-state index contributed by atoms with van der Waals surface area (Å²) in [4.78, 5) is 0. The molecule has 0 aliphatic rings. The van der Waals surface area contributed by atoms with E-state index in [1.54, 1.807) is 0 Å². The Morgan fingerprint density at radius 1 is 1.36 bits per heavy atom. The molecule has 0 saturated heterocycles. The molecular formula is C12H15NO. The Kier molecular flexibility index (Phi) is 2.30. The molecule has 0 aliphatic carbocycles. The van der Waals surface area contributed by atoms with Crippen LogP contribution < -0.4 is 5.73 Å². The van der Waals surface area contributed by atoms with Gasteiger partial charge in [0.25, 0.3) is 0 Å². The van der Waals surface area contributed by atoms with Crippen molar-refractivity contribution in [2.75, 3.05) is 0 Å². The summed E-state index contributed by atoms with van der Waals surface area (Å²) in [7, 11) is 0. The smallest absolute Gasteiger partial charge is 0.134 e. The Hall–Kier alpha value is -1.28. The molecule has 0 saturated carbocycles. The van der Waals surface area contributed by atoms with Crippen molar-refractivity contribution >= 4 is 11.0 Å². The van der Waals surface area contributed by atoms with Gasteiger partial charge >= 0.3 is 0 Å². The number of aryl methyl sites for hydroxylation is 1. The first-order valence-corrected chi connectivity index (χ1v) is 4.98. The van der Waals surface area contributed by atoms with Crippen molar-refractivity contribution in [1.82, 2.24) is 0 Å². The highest BCUT2D eigenvalue weighted by Gasteiger charge is 2.07. The standard InChI is InChI=1S/C12H15NO/c1-3-9-4-5-10-7-11(8(2)13)14-12(10)6-9/h4-8H,3,13H2,1-2H3. The van der Waals surface area contributed by atoms with Gasteiger partial charge in [-0.05, 0) is 31.0 Å². The lowest BCUT2D eigenvalue weighted by Gasteiger charge is -1.97. The third kappa shape index (κ3) is 1.53. The molecule has 1 heterocycles. The van der Waals surface area contributed by atoms with Crippen LogP contribution in [-0.2, 0) is 6.42 Å². The van der Waals surface area contributed by atoms with Crippen LogP contribution in [0.1, 0.15) is 31.2 Å². The van der Waals surface area contributed by atoms with Crippen LogP contribution in [0.4, 0.5) is 0 Å². The van der Waals surface area contributed by atoms with E-state index in [-0.39, 0.29) is 6.04 Å². The molecule has 0 amide bonds. The van der Waals surface area contributed by atoms with Crippen LogP contribution in [0.2, 0.25) is 0 Å².